The van der Waals surface area contributed by atoms with E-state index in [1.165, 1.54) is 0 Å². The van der Waals surface area contributed by atoms with Gasteiger partial charge in [-0.05, 0) is 49.4 Å². The predicted molar refractivity (Wildman–Crippen MR) is 116 cm³/mol. The van der Waals surface area contributed by atoms with Gasteiger partial charge in [-0.1, -0.05) is 23.9 Å². The number of hydrogen-bond donors (Lipinski definition) is 0. The Bertz CT molecular complexity index is 1060. The lowest BCUT2D eigenvalue weighted by molar-refractivity contribution is 0.0731. The minimum Gasteiger partial charge on any atom is -0.486 e. The Kier molecular flexibility index (Phi) is 5.12. The molecule has 2 aliphatic rings. The van der Waals surface area contributed by atoms with Gasteiger partial charge in [-0.2, -0.15) is 0 Å². The Morgan fingerprint density at radius 2 is 1.97 bits per heavy atom. The van der Waals surface area contributed by atoms with Crippen molar-refractivity contribution >= 4 is 17.7 Å². The van der Waals surface area contributed by atoms with Crippen LogP contribution >= 0.6 is 11.8 Å². The number of amides is 1. The SMILES string of the molecule is CSc1nccn1-c1ccc(C(=O)N2CCCC2c2cccc3c2OCCO3)cc1. The first-order valence-electron chi connectivity index (χ1n) is 10.1. The summed E-state index contributed by atoms with van der Waals surface area (Å²) in [5, 5.41) is 0.921. The van der Waals surface area contributed by atoms with Crippen molar-refractivity contribution in [3.05, 3.63) is 66.0 Å². The molecule has 0 aliphatic carbocycles. The lowest BCUT2D eigenvalue weighted by Crippen LogP contribution is -2.31. The molecule has 1 unspecified atom stereocenters. The van der Waals surface area contributed by atoms with Gasteiger partial charge in [-0.25, -0.2) is 4.98 Å². The van der Waals surface area contributed by atoms with Gasteiger partial charge in [0.15, 0.2) is 16.7 Å². The summed E-state index contributed by atoms with van der Waals surface area (Å²) >= 11 is 1.59. The highest BCUT2D eigenvalue weighted by molar-refractivity contribution is 7.98. The maximum Gasteiger partial charge on any atom is 0.254 e. The molecule has 3 heterocycles. The minimum atomic E-state index is 0.00516. The molecule has 7 heteroatoms. The molecule has 2 aromatic carbocycles. The van der Waals surface area contributed by atoms with E-state index in [1.54, 1.807) is 18.0 Å². The number of imidazole rings is 1. The van der Waals surface area contributed by atoms with Gasteiger partial charge in [-0.15, -0.1) is 0 Å². The quantitative estimate of drug-likeness (QED) is 0.587. The third-order valence-corrected chi connectivity index (χ3v) is 6.32. The summed E-state index contributed by atoms with van der Waals surface area (Å²) in [7, 11) is 0. The number of nitrogens with zero attached hydrogens (tertiary/aromatic N) is 3. The largest absolute Gasteiger partial charge is 0.486 e. The number of rotatable bonds is 4. The summed E-state index contributed by atoms with van der Waals surface area (Å²) in [6.45, 7) is 1.84. The third kappa shape index (κ3) is 3.33. The summed E-state index contributed by atoms with van der Waals surface area (Å²) < 4.78 is 13.7. The van der Waals surface area contributed by atoms with Crippen molar-refractivity contribution in [2.75, 3.05) is 26.0 Å². The van der Waals surface area contributed by atoms with Crippen molar-refractivity contribution in [1.82, 2.24) is 14.5 Å². The van der Waals surface area contributed by atoms with E-state index in [1.807, 2.05) is 58.3 Å². The van der Waals surface area contributed by atoms with Crippen LogP contribution in [0.4, 0.5) is 0 Å². The number of carbonyl (C=O) groups is 1. The molecule has 0 spiro atoms. The van der Waals surface area contributed by atoms with Crippen molar-refractivity contribution in [3.63, 3.8) is 0 Å². The molecular weight excluding hydrogens is 398 g/mol. The maximum atomic E-state index is 13.4. The highest BCUT2D eigenvalue weighted by atomic mass is 32.2. The van der Waals surface area contributed by atoms with E-state index in [0.29, 0.717) is 18.8 Å². The second kappa shape index (κ2) is 8.07. The van der Waals surface area contributed by atoms with Crippen molar-refractivity contribution in [1.29, 1.82) is 0 Å². The van der Waals surface area contributed by atoms with Crippen LogP contribution in [0.1, 0.15) is 34.8 Å². The van der Waals surface area contributed by atoms with E-state index in [4.69, 9.17) is 9.47 Å². The van der Waals surface area contributed by atoms with E-state index >= 15 is 0 Å². The molecule has 0 saturated carbocycles. The molecule has 6 nitrogen and oxygen atoms in total. The van der Waals surface area contributed by atoms with Crippen LogP contribution < -0.4 is 9.47 Å². The van der Waals surface area contributed by atoms with E-state index in [2.05, 4.69) is 11.1 Å². The normalized spacial score (nSPS) is 17.9. The molecule has 30 heavy (non-hydrogen) atoms. The predicted octanol–water partition coefficient (Wildman–Crippen LogP) is 4.34. The third-order valence-electron chi connectivity index (χ3n) is 5.65. The van der Waals surface area contributed by atoms with Crippen LogP contribution in [0.2, 0.25) is 0 Å². The van der Waals surface area contributed by atoms with Gasteiger partial charge in [0.25, 0.3) is 5.91 Å². The number of aromatic nitrogens is 2. The summed E-state index contributed by atoms with van der Waals surface area (Å²) in [5.74, 6) is 1.61. The first-order chi connectivity index (χ1) is 14.8. The maximum absolute atomic E-state index is 13.4. The van der Waals surface area contributed by atoms with Crippen molar-refractivity contribution in [2.24, 2.45) is 0 Å². The first-order valence-corrected chi connectivity index (χ1v) is 11.4. The van der Waals surface area contributed by atoms with Crippen LogP contribution in [-0.4, -0.2) is 46.4 Å². The van der Waals surface area contributed by atoms with Crippen LogP contribution in [0, 0.1) is 0 Å². The van der Waals surface area contributed by atoms with Gasteiger partial charge in [0.05, 0.1) is 6.04 Å². The van der Waals surface area contributed by atoms with Crippen molar-refractivity contribution < 1.29 is 14.3 Å². The standard InChI is InChI=1S/C23H23N3O3S/c1-30-23-24-11-13-25(23)17-9-7-16(8-10-17)22(27)26-12-3-5-19(26)18-4-2-6-20-21(18)29-15-14-28-20/h2,4,6-11,13,19H,3,5,12,14-15H2,1H3. The highest BCUT2D eigenvalue weighted by Gasteiger charge is 2.34. The number of para-hydroxylation sites is 1. The van der Waals surface area contributed by atoms with Gasteiger partial charge in [0.2, 0.25) is 0 Å². The van der Waals surface area contributed by atoms with Gasteiger partial charge in [0, 0.05) is 35.8 Å². The summed E-state index contributed by atoms with van der Waals surface area (Å²) in [6, 6.07) is 13.7. The zero-order valence-electron chi connectivity index (χ0n) is 16.8. The number of thioether (sulfide) groups is 1. The van der Waals surface area contributed by atoms with E-state index in [-0.39, 0.29) is 11.9 Å². The van der Waals surface area contributed by atoms with Gasteiger partial charge < -0.3 is 14.4 Å². The second-order valence-electron chi connectivity index (χ2n) is 7.36. The summed E-state index contributed by atoms with van der Waals surface area (Å²) in [4.78, 5) is 19.7. The van der Waals surface area contributed by atoms with Gasteiger partial charge in [0.1, 0.15) is 13.2 Å². The molecule has 0 bridgehead atoms. The number of ether oxygens (including phenoxy) is 2. The molecule has 2 aliphatic heterocycles. The van der Waals surface area contributed by atoms with E-state index < -0.39 is 0 Å². The van der Waals surface area contributed by atoms with Crippen molar-refractivity contribution in [2.45, 2.75) is 24.0 Å². The minimum absolute atomic E-state index is 0.00516. The van der Waals surface area contributed by atoms with Crippen LogP contribution in [0.15, 0.2) is 60.0 Å². The lowest BCUT2D eigenvalue weighted by Gasteiger charge is -2.29. The van der Waals surface area contributed by atoms with E-state index in [9.17, 15) is 4.79 Å². The number of carbonyl (C=O) groups excluding carboxylic acids is 1. The molecule has 5 rings (SSSR count). The second-order valence-corrected chi connectivity index (χ2v) is 8.13. The Morgan fingerprint density at radius 3 is 2.80 bits per heavy atom. The van der Waals surface area contributed by atoms with Crippen LogP contribution in [0.25, 0.3) is 5.69 Å². The monoisotopic (exact) mass is 421 g/mol. The number of benzene rings is 2. The molecule has 1 saturated heterocycles. The molecule has 154 valence electrons. The smallest absolute Gasteiger partial charge is 0.254 e. The molecule has 1 amide bonds. The Balaban J connectivity index is 1.41. The Hall–Kier alpha value is -2.93. The zero-order chi connectivity index (χ0) is 20.5. The molecule has 1 fully saturated rings. The Labute approximate surface area is 179 Å². The van der Waals surface area contributed by atoms with Gasteiger partial charge >= 0.3 is 0 Å². The van der Waals surface area contributed by atoms with E-state index in [0.717, 1.165) is 47.3 Å². The molecule has 1 atom stereocenters. The lowest BCUT2D eigenvalue weighted by atomic mass is 10.0. The average Bonchev–Trinajstić information content (AvgIpc) is 3.48. The average molecular weight is 422 g/mol. The number of fused-ring (bicyclic) bond motifs is 1. The number of hydrogen-bond acceptors (Lipinski definition) is 5. The topological polar surface area (TPSA) is 56.6 Å². The molecular formula is C23H23N3O3S. The molecule has 1 aromatic heterocycles. The highest BCUT2D eigenvalue weighted by Crippen LogP contribution is 2.43. The number of likely N-dealkylation sites (tertiary alicyclic amines) is 1. The van der Waals surface area contributed by atoms with Crippen LogP contribution in [-0.2, 0) is 0 Å². The summed E-state index contributed by atoms with van der Waals surface area (Å²) in [5.41, 5.74) is 2.73. The fraction of sp³-hybridized carbons (Fsp3) is 0.304. The van der Waals surface area contributed by atoms with Crippen LogP contribution in [0.5, 0.6) is 11.5 Å². The molecule has 0 N–H and O–H groups in total. The Morgan fingerprint density at radius 1 is 1.13 bits per heavy atom. The fourth-order valence-corrected chi connectivity index (χ4v) is 4.79. The first kappa shape index (κ1) is 19.1. The zero-order valence-corrected chi connectivity index (χ0v) is 17.6. The summed E-state index contributed by atoms with van der Waals surface area (Å²) in [6.07, 6.45) is 7.62. The fourth-order valence-electron chi connectivity index (χ4n) is 4.26. The molecule has 3 aromatic rings. The molecule has 0 radical (unpaired) electrons. The van der Waals surface area contributed by atoms with Crippen LogP contribution in [0.3, 0.4) is 0 Å². The van der Waals surface area contributed by atoms with Crippen molar-refractivity contribution in [3.8, 4) is 17.2 Å². The van der Waals surface area contributed by atoms with Gasteiger partial charge in [-0.3, -0.25) is 9.36 Å².